The molecule has 39 heavy (non-hydrogen) atoms. The number of carbonyl (C=O) groups excluding carboxylic acids is 3. The summed E-state index contributed by atoms with van der Waals surface area (Å²) in [6.45, 7) is 7.69. The van der Waals surface area contributed by atoms with E-state index in [0.29, 0.717) is 12.8 Å². The number of rotatable bonds is 11. The van der Waals surface area contributed by atoms with Crippen LogP contribution in [0.4, 0.5) is 0 Å². The Balaban J connectivity index is 1.62. The van der Waals surface area contributed by atoms with E-state index in [0.717, 1.165) is 21.7 Å². The molecule has 10 nitrogen and oxygen atoms in total. The molecular weight excluding hydrogens is 520 g/mol. The Bertz CT molecular complexity index is 1170. The number of benzene rings is 1. The molecule has 1 aromatic carbocycles. The first kappa shape index (κ1) is 30.2. The molecule has 1 saturated heterocycles. The Morgan fingerprint density at radius 2 is 1.79 bits per heavy atom. The van der Waals surface area contributed by atoms with Gasteiger partial charge >= 0.3 is 5.97 Å². The normalized spacial score (nSPS) is 18.0. The van der Waals surface area contributed by atoms with Crippen molar-refractivity contribution >= 4 is 35.0 Å². The van der Waals surface area contributed by atoms with Gasteiger partial charge in [0.15, 0.2) is 0 Å². The maximum absolute atomic E-state index is 13.6. The number of aliphatic hydroxyl groups is 1. The number of hydrogen-bond acceptors (Lipinski definition) is 7. The van der Waals surface area contributed by atoms with E-state index in [9.17, 15) is 24.3 Å². The number of aromatic nitrogens is 1. The number of thiazole rings is 1. The second-order valence-electron chi connectivity index (χ2n) is 11.0. The number of unbranched alkanes of at least 4 members (excludes halogenated alkanes) is 1. The number of aliphatic hydroxyl groups excluding tert-OH is 1. The van der Waals surface area contributed by atoms with Crippen LogP contribution in [0.25, 0.3) is 10.4 Å². The van der Waals surface area contributed by atoms with Crippen LogP contribution in [0.1, 0.15) is 64.1 Å². The molecule has 0 saturated carbocycles. The summed E-state index contributed by atoms with van der Waals surface area (Å²) in [5.74, 6) is -2.07. The number of hydrogen-bond donors (Lipinski definition) is 4. The van der Waals surface area contributed by atoms with Gasteiger partial charge in [-0.05, 0) is 36.3 Å². The Kier molecular flexibility index (Phi) is 10.2. The molecule has 4 N–H and O–H groups in total. The van der Waals surface area contributed by atoms with Gasteiger partial charge in [0.2, 0.25) is 17.7 Å². The maximum Gasteiger partial charge on any atom is 0.303 e. The lowest BCUT2D eigenvalue weighted by molar-refractivity contribution is -0.144. The zero-order valence-electron chi connectivity index (χ0n) is 22.9. The molecule has 3 atom stereocenters. The van der Waals surface area contributed by atoms with Crippen LogP contribution in [0.15, 0.2) is 29.8 Å². The summed E-state index contributed by atoms with van der Waals surface area (Å²) in [7, 11) is 0. The van der Waals surface area contributed by atoms with E-state index in [4.69, 9.17) is 5.11 Å². The highest BCUT2D eigenvalue weighted by Crippen LogP contribution is 2.28. The van der Waals surface area contributed by atoms with Gasteiger partial charge in [0.1, 0.15) is 12.1 Å². The van der Waals surface area contributed by atoms with Gasteiger partial charge in [0.25, 0.3) is 0 Å². The number of likely N-dealkylation sites (tertiary alicyclic amines) is 1. The fourth-order valence-corrected chi connectivity index (χ4v) is 5.39. The minimum absolute atomic E-state index is 0.000872. The minimum atomic E-state index is -0.918. The smallest absolute Gasteiger partial charge is 0.303 e. The Hall–Kier alpha value is -3.31. The largest absolute Gasteiger partial charge is 0.481 e. The fraction of sp³-hybridized carbons (Fsp3) is 0.536. The molecule has 2 heterocycles. The predicted molar refractivity (Wildman–Crippen MR) is 148 cm³/mol. The van der Waals surface area contributed by atoms with Gasteiger partial charge in [-0.1, -0.05) is 45.0 Å². The second-order valence-corrected chi connectivity index (χ2v) is 11.9. The summed E-state index contributed by atoms with van der Waals surface area (Å²) in [4.78, 5) is 56.7. The molecule has 0 bridgehead atoms. The Morgan fingerprint density at radius 3 is 2.38 bits per heavy atom. The van der Waals surface area contributed by atoms with Crippen molar-refractivity contribution in [3.05, 3.63) is 41.0 Å². The zero-order chi connectivity index (χ0) is 28.7. The first-order valence-corrected chi connectivity index (χ1v) is 14.0. The van der Waals surface area contributed by atoms with Gasteiger partial charge in [0.05, 0.1) is 22.2 Å². The van der Waals surface area contributed by atoms with E-state index in [1.807, 2.05) is 52.0 Å². The number of β-amino-alcohol motifs (C(OH)–C–C–N with tert-alkyl or cyclic N) is 1. The maximum atomic E-state index is 13.6. The summed E-state index contributed by atoms with van der Waals surface area (Å²) in [5.41, 5.74) is 4.07. The lowest BCUT2D eigenvalue weighted by Gasteiger charge is -2.35. The van der Waals surface area contributed by atoms with E-state index in [1.165, 1.54) is 4.90 Å². The minimum Gasteiger partial charge on any atom is -0.481 e. The van der Waals surface area contributed by atoms with Crippen LogP contribution in [0, 0.1) is 12.3 Å². The van der Waals surface area contributed by atoms with Crippen LogP contribution >= 0.6 is 11.3 Å². The van der Waals surface area contributed by atoms with Crippen LogP contribution < -0.4 is 10.6 Å². The van der Waals surface area contributed by atoms with Gasteiger partial charge in [-0.15, -0.1) is 11.3 Å². The number of nitrogens with zero attached hydrogens (tertiary/aromatic N) is 2. The number of carbonyl (C=O) groups is 4. The average Bonchev–Trinajstić information content (AvgIpc) is 3.48. The van der Waals surface area contributed by atoms with Gasteiger partial charge in [-0.25, -0.2) is 4.98 Å². The number of carboxylic acids is 1. The molecule has 0 radical (unpaired) electrons. The van der Waals surface area contributed by atoms with Crippen molar-refractivity contribution in [3.63, 3.8) is 0 Å². The number of nitrogens with one attached hydrogen (secondary N) is 2. The number of amides is 3. The molecule has 0 spiro atoms. The highest BCUT2D eigenvalue weighted by atomic mass is 32.1. The van der Waals surface area contributed by atoms with E-state index >= 15 is 0 Å². The lowest BCUT2D eigenvalue weighted by atomic mass is 9.85. The van der Waals surface area contributed by atoms with E-state index in [2.05, 4.69) is 15.6 Å². The molecule has 0 aliphatic carbocycles. The second kappa shape index (κ2) is 13.2. The standard InChI is InChI=1S/C28H38N4O6S/c1-17-24(39-16-30-17)19-11-9-18(10-12-19)14-29-26(37)21-13-20(33)15-32(21)27(38)25(28(2,3)4)31-22(34)7-5-6-8-23(35)36/h9-12,16,20-21,25,33H,5-8,13-15H2,1-4H3,(H,29,37)(H,31,34)(H,35,36)/t20-,21?,25?/m1/s1. The molecule has 1 aliphatic heterocycles. The van der Waals surface area contributed by atoms with Crippen molar-refractivity contribution in [1.29, 1.82) is 0 Å². The van der Waals surface area contributed by atoms with E-state index < -0.39 is 35.5 Å². The highest BCUT2D eigenvalue weighted by molar-refractivity contribution is 7.13. The molecule has 1 aromatic heterocycles. The quantitative estimate of drug-likeness (QED) is 0.310. The molecule has 1 aliphatic rings. The van der Waals surface area contributed by atoms with Crippen molar-refractivity contribution in [1.82, 2.24) is 20.5 Å². The van der Waals surface area contributed by atoms with Crippen molar-refractivity contribution in [2.75, 3.05) is 6.54 Å². The summed E-state index contributed by atoms with van der Waals surface area (Å²) in [5, 5.41) is 24.8. The van der Waals surface area contributed by atoms with Crippen LogP contribution in [-0.4, -0.2) is 68.5 Å². The first-order valence-electron chi connectivity index (χ1n) is 13.1. The molecule has 3 rings (SSSR count). The zero-order valence-corrected chi connectivity index (χ0v) is 23.7. The predicted octanol–water partition coefficient (Wildman–Crippen LogP) is 2.87. The molecule has 212 valence electrons. The Morgan fingerprint density at radius 1 is 1.13 bits per heavy atom. The van der Waals surface area contributed by atoms with Crippen LogP contribution in [0.3, 0.4) is 0 Å². The highest BCUT2D eigenvalue weighted by Gasteiger charge is 2.44. The van der Waals surface area contributed by atoms with Crippen LogP contribution in [0.5, 0.6) is 0 Å². The number of carboxylic acid groups (broad SMARTS) is 1. The third kappa shape index (κ3) is 8.34. The van der Waals surface area contributed by atoms with Gasteiger partial charge < -0.3 is 25.7 Å². The molecule has 11 heteroatoms. The topological polar surface area (TPSA) is 149 Å². The third-order valence-corrected chi connectivity index (χ3v) is 7.73. The van der Waals surface area contributed by atoms with Crippen molar-refractivity contribution in [3.8, 4) is 10.4 Å². The summed E-state index contributed by atoms with van der Waals surface area (Å²) in [6.07, 6.45) is 0.0982. The number of aliphatic carboxylic acids is 1. The van der Waals surface area contributed by atoms with Crippen molar-refractivity contribution < 1.29 is 29.4 Å². The SMILES string of the molecule is Cc1ncsc1-c1ccc(CNC(=O)C2C[C@@H](O)CN2C(=O)C(NC(=O)CCCCC(=O)O)C(C)(C)C)cc1. The monoisotopic (exact) mass is 558 g/mol. The molecule has 2 aromatic rings. The van der Waals surface area contributed by atoms with Gasteiger partial charge in [-0.2, -0.15) is 0 Å². The first-order chi connectivity index (χ1) is 18.4. The van der Waals surface area contributed by atoms with Gasteiger partial charge in [0, 0.05) is 32.4 Å². The number of aryl methyl sites for hydroxylation is 1. The molecule has 2 unspecified atom stereocenters. The Labute approximate surface area is 232 Å². The summed E-state index contributed by atoms with van der Waals surface area (Å²) in [6, 6.07) is 6.06. The molecule has 3 amide bonds. The van der Waals surface area contributed by atoms with Crippen molar-refractivity contribution in [2.45, 2.75) is 84.5 Å². The molecule has 1 fully saturated rings. The third-order valence-electron chi connectivity index (χ3n) is 6.76. The fourth-order valence-electron chi connectivity index (χ4n) is 4.58. The summed E-state index contributed by atoms with van der Waals surface area (Å²) >= 11 is 1.57. The van der Waals surface area contributed by atoms with E-state index in [-0.39, 0.29) is 44.2 Å². The van der Waals surface area contributed by atoms with Crippen LogP contribution in [-0.2, 0) is 25.7 Å². The van der Waals surface area contributed by atoms with Crippen LogP contribution in [0.2, 0.25) is 0 Å². The summed E-state index contributed by atoms with van der Waals surface area (Å²) < 4.78 is 0. The average molecular weight is 559 g/mol. The lowest BCUT2D eigenvalue weighted by Crippen LogP contribution is -2.57. The molecular formula is C28H38N4O6S. The van der Waals surface area contributed by atoms with E-state index in [1.54, 1.807) is 16.8 Å². The van der Waals surface area contributed by atoms with Crippen molar-refractivity contribution in [2.24, 2.45) is 5.41 Å². The van der Waals surface area contributed by atoms with Gasteiger partial charge in [-0.3, -0.25) is 19.2 Å².